The van der Waals surface area contributed by atoms with Crippen LogP contribution in [0.2, 0.25) is 0 Å². The van der Waals surface area contributed by atoms with Gasteiger partial charge in [0.25, 0.3) is 0 Å². The summed E-state index contributed by atoms with van der Waals surface area (Å²) in [6.45, 7) is 5.14. The van der Waals surface area contributed by atoms with E-state index < -0.39 is 11.5 Å². The van der Waals surface area contributed by atoms with Crippen molar-refractivity contribution in [1.82, 2.24) is 9.88 Å². The average Bonchev–Trinajstić information content (AvgIpc) is 3.21. The standard InChI is InChI=1S/C24H23FN2OS/c1-24(2)16-27(15-18-9-7-13-29-18)22(19-10-3-4-11-21(19)25)20(23(24)28)14-17-8-5-6-12-26-17/h3-14,22H,15-16H2,1-2H3/b20-14+. The van der Waals surface area contributed by atoms with Crippen LogP contribution in [0.15, 0.2) is 71.7 Å². The van der Waals surface area contributed by atoms with Gasteiger partial charge < -0.3 is 0 Å². The maximum Gasteiger partial charge on any atom is 0.167 e. The minimum atomic E-state index is -0.570. The molecule has 5 heteroatoms. The number of hydrogen-bond acceptors (Lipinski definition) is 4. The van der Waals surface area contributed by atoms with Crippen LogP contribution in [0, 0.1) is 11.2 Å². The molecule has 0 aliphatic carbocycles. The van der Waals surface area contributed by atoms with Gasteiger partial charge >= 0.3 is 0 Å². The molecule has 1 fully saturated rings. The Kier molecular flexibility index (Phi) is 5.43. The molecule has 1 aromatic carbocycles. The minimum Gasteiger partial charge on any atom is -0.294 e. The lowest BCUT2D eigenvalue weighted by Gasteiger charge is -2.44. The van der Waals surface area contributed by atoms with Crippen LogP contribution in [-0.2, 0) is 11.3 Å². The van der Waals surface area contributed by atoms with Crippen LogP contribution in [0.4, 0.5) is 4.39 Å². The fourth-order valence-electron chi connectivity index (χ4n) is 3.96. The molecule has 0 radical (unpaired) electrons. The van der Waals surface area contributed by atoms with E-state index in [2.05, 4.69) is 16.0 Å². The largest absolute Gasteiger partial charge is 0.294 e. The van der Waals surface area contributed by atoms with Crippen molar-refractivity contribution in [2.24, 2.45) is 5.41 Å². The van der Waals surface area contributed by atoms with Gasteiger partial charge in [-0.05, 0) is 35.7 Å². The van der Waals surface area contributed by atoms with Crippen molar-refractivity contribution in [3.8, 4) is 0 Å². The van der Waals surface area contributed by atoms with Gasteiger partial charge in [0.2, 0.25) is 0 Å². The van der Waals surface area contributed by atoms with Gasteiger partial charge in [0, 0.05) is 40.7 Å². The van der Waals surface area contributed by atoms with Gasteiger partial charge in [0.15, 0.2) is 5.78 Å². The van der Waals surface area contributed by atoms with Gasteiger partial charge in [0.05, 0.1) is 11.7 Å². The van der Waals surface area contributed by atoms with Crippen molar-refractivity contribution < 1.29 is 9.18 Å². The Balaban J connectivity index is 1.87. The summed E-state index contributed by atoms with van der Waals surface area (Å²) >= 11 is 1.67. The number of Topliss-reactive ketones (excluding diaryl/α,β-unsaturated/α-hetero) is 1. The van der Waals surface area contributed by atoms with Crippen LogP contribution < -0.4 is 0 Å². The normalized spacial score (nSPS) is 20.9. The number of pyridine rings is 1. The highest BCUT2D eigenvalue weighted by molar-refractivity contribution is 7.09. The van der Waals surface area contributed by atoms with Crippen LogP contribution in [0.3, 0.4) is 0 Å². The van der Waals surface area contributed by atoms with E-state index in [9.17, 15) is 9.18 Å². The Hall–Kier alpha value is -2.63. The first-order valence-electron chi connectivity index (χ1n) is 9.64. The predicted molar refractivity (Wildman–Crippen MR) is 115 cm³/mol. The second kappa shape index (κ2) is 8.01. The van der Waals surface area contributed by atoms with Gasteiger partial charge in [-0.15, -0.1) is 11.3 Å². The second-order valence-corrected chi connectivity index (χ2v) is 9.01. The molecule has 148 valence electrons. The molecule has 2 aromatic heterocycles. The second-order valence-electron chi connectivity index (χ2n) is 7.98. The fraction of sp³-hybridized carbons (Fsp3) is 0.250. The molecule has 0 bridgehead atoms. The number of benzene rings is 1. The monoisotopic (exact) mass is 406 g/mol. The van der Waals surface area contributed by atoms with Gasteiger partial charge in [0.1, 0.15) is 5.82 Å². The maximum absolute atomic E-state index is 14.9. The Morgan fingerprint density at radius 3 is 2.66 bits per heavy atom. The van der Waals surface area contributed by atoms with E-state index >= 15 is 0 Å². The lowest BCUT2D eigenvalue weighted by Crippen LogP contribution is -2.49. The average molecular weight is 407 g/mol. The van der Waals surface area contributed by atoms with E-state index in [4.69, 9.17) is 0 Å². The molecule has 4 rings (SSSR count). The zero-order valence-electron chi connectivity index (χ0n) is 16.5. The maximum atomic E-state index is 14.9. The molecular weight excluding hydrogens is 383 g/mol. The summed E-state index contributed by atoms with van der Waals surface area (Å²) in [5.74, 6) is -0.257. The summed E-state index contributed by atoms with van der Waals surface area (Å²) in [6, 6.07) is 16.0. The fourth-order valence-corrected chi connectivity index (χ4v) is 4.69. The molecule has 1 aliphatic rings. The summed E-state index contributed by atoms with van der Waals surface area (Å²) < 4.78 is 14.9. The van der Waals surface area contributed by atoms with E-state index in [0.717, 1.165) is 0 Å². The molecule has 1 aliphatic heterocycles. The third-order valence-electron chi connectivity index (χ3n) is 5.26. The third kappa shape index (κ3) is 4.07. The molecule has 3 nitrogen and oxygen atoms in total. The molecule has 1 saturated heterocycles. The molecular formula is C24H23FN2OS. The molecule has 0 amide bonds. The summed E-state index contributed by atoms with van der Waals surface area (Å²) in [4.78, 5) is 21.2. The van der Waals surface area contributed by atoms with Crippen LogP contribution in [-0.4, -0.2) is 22.2 Å². The van der Waals surface area contributed by atoms with Gasteiger partial charge in [-0.25, -0.2) is 4.39 Å². The smallest absolute Gasteiger partial charge is 0.167 e. The van der Waals surface area contributed by atoms with Gasteiger partial charge in [-0.2, -0.15) is 0 Å². The first kappa shape index (κ1) is 19.7. The number of hydrogen-bond donors (Lipinski definition) is 0. The molecule has 0 saturated carbocycles. The molecule has 0 N–H and O–H groups in total. The topological polar surface area (TPSA) is 33.2 Å². The van der Waals surface area contributed by atoms with Crippen molar-refractivity contribution in [3.05, 3.63) is 93.7 Å². The summed E-state index contributed by atoms with van der Waals surface area (Å²) in [5.41, 5.74) is 1.24. The number of rotatable bonds is 4. The van der Waals surface area contributed by atoms with Gasteiger partial charge in [-0.3, -0.25) is 14.7 Å². The van der Waals surface area contributed by atoms with E-state index in [1.807, 2.05) is 55.6 Å². The number of piperidine rings is 1. The van der Waals surface area contributed by atoms with E-state index in [1.54, 1.807) is 29.7 Å². The van der Waals surface area contributed by atoms with Gasteiger partial charge in [-0.1, -0.05) is 44.2 Å². The Labute approximate surface area is 174 Å². The highest BCUT2D eigenvalue weighted by atomic mass is 32.1. The van der Waals surface area contributed by atoms with Crippen molar-refractivity contribution in [2.75, 3.05) is 6.54 Å². The van der Waals surface area contributed by atoms with Crippen molar-refractivity contribution in [1.29, 1.82) is 0 Å². The minimum absolute atomic E-state index is 0.0406. The van der Waals surface area contributed by atoms with Crippen LogP contribution in [0.5, 0.6) is 0 Å². The van der Waals surface area contributed by atoms with Crippen LogP contribution in [0.25, 0.3) is 6.08 Å². The van der Waals surface area contributed by atoms with E-state index in [0.29, 0.717) is 29.9 Å². The molecule has 1 atom stereocenters. The summed E-state index contributed by atoms with van der Waals surface area (Å²) in [6.07, 6.45) is 3.52. The number of thiophene rings is 1. The molecule has 0 spiro atoms. The number of nitrogens with zero attached hydrogens (tertiary/aromatic N) is 2. The lowest BCUT2D eigenvalue weighted by atomic mass is 9.74. The van der Waals surface area contributed by atoms with Crippen LogP contribution in [0.1, 0.15) is 36.0 Å². The Morgan fingerprint density at radius 2 is 1.97 bits per heavy atom. The molecule has 3 aromatic rings. The number of likely N-dealkylation sites (tertiary alicyclic amines) is 1. The first-order chi connectivity index (χ1) is 14.0. The molecule has 29 heavy (non-hydrogen) atoms. The van der Waals surface area contributed by atoms with Crippen molar-refractivity contribution in [3.63, 3.8) is 0 Å². The van der Waals surface area contributed by atoms with Crippen molar-refractivity contribution >= 4 is 23.2 Å². The quantitative estimate of drug-likeness (QED) is 0.535. The van der Waals surface area contributed by atoms with E-state index in [1.165, 1.54) is 10.9 Å². The summed E-state index contributed by atoms with van der Waals surface area (Å²) in [7, 11) is 0. The highest BCUT2D eigenvalue weighted by Gasteiger charge is 2.44. The number of carbonyl (C=O) groups is 1. The van der Waals surface area contributed by atoms with Crippen LogP contribution >= 0.6 is 11.3 Å². The predicted octanol–water partition coefficient (Wildman–Crippen LogP) is 5.52. The zero-order valence-corrected chi connectivity index (χ0v) is 17.3. The number of carbonyl (C=O) groups excluding carboxylic acids is 1. The molecule has 3 heterocycles. The van der Waals surface area contributed by atoms with E-state index in [-0.39, 0.29) is 11.6 Å². The lowest BCUT2D eigenvalue weighted by molar-refractivity contribution is -0.128. The SMILES string of the molecule is CC1(C)CN(Cc2cccs2)C(c2ccccc2F)/C(=C\c2ccccn2)C1=O. The summed E-state index contributed by atoms with van der Waals surface area (Å²) in [5, 5.41) is 2.04. The zero-order chi connectivity index (χ0) is 20.4. The Morgan fingerprint density at radius 1 is 1.17 bits per heavy atom. The molecule has 1 unspecified atom stereocenters. The highest BCUT2D eigenvalue weighted by Crippen LogP contribution is 2.43. The first-order valence-corrected chi connectivity index (χ1v) is 10.5. The number of halogens is 1. The number of aromatic nitrogens is 1. The third-order valence-corrected chi connectivity index (χ3v) is 6.13. The number of ketones is 1. The Bertz CT molecular complexity index is 1030. The van der Waals surface area contributed by atoms with Crippen molar-refractivity contribution in [2.45, 2.75) is 26.4 Å².